The lowest BCUT2D eigenvalue weighted by Gasteiger charge is -2.43. The maximum absolute atomic E-state index is 11.7. The molecule has 10 nitrogen and oxygen atoms in total. The number of amides is 1. The van der Waals surface area contributed by atoms with Gasteiger partial charge in [0.05, 0.1) is 19.8 Å². The van der Waals surface area contributed by atoms with Gasteiger partial charge in [0, 0.05) is 6.92 Å². The van der Waals surface area contributed by atoms with E-state index in [0.717, 1.165) is 11.1 Å². The molecule has 3 unspecified atom stereocenters. The Kier molecular flexibility index (Phi) is 8.92. The average molecular weight is 482 g/mol. The van der Waals surface area contributed by atoms with Crippen molar-refractivity contribution < 1.29 is 41.3 Å². The molecular formula is C22H27NO9S. The van der Waals surface area contributed by atoms with E-state index in [1.807, 2.05) is 36.4 Å². The van der Waals surface area contributed by atoms with E-state index >= 15 is 0 Å². The zero-order chi connectivity index (χ0) is 23.8. The van der Waals surface area contributed by atoms with Crippen molar-refractivity contribution in [2.24, 2.45) is 0 Å². The molecule has 0 aliphatic carbocycles. The highest BCUT2D eigenvalue weighted by atomic mass is 32.3. The fourth-order valence-electron chi connectivity index (χ4n) is 3.53. The average Bonchev–Trinajstić information content (AvgIpc) is 2.76. The van der Waals surface area contributed by atoms with E-state index in [1.165, 1.54) is 6.92 Å². The van der Waals surface area contributed by atoms with Gasteiger partial charge in [-0.15, -0.1) is 0 Å². The summed E-state index contributed by atoms with van der Waals surface area (Å²) in [6.07, 6.45) is -5.28. The molecule has 1 aliphatic rings. The number of ether oxygens (including phenoxy) is 3. The fraction of sp³-hybridized carbons (Fsp3) is 0.409. The van der Waals surface area contributed by atoms with Crippen molar-refractivity contribution in [2.45, 2.75) is 50.8 Å². The number of rotatable bonds is 10. The molecule has 1 amide bonds. The Morgan fingerprint density at radius 3 is 2.12 bits per heavy atom. The van der Waals surface area contributed by atoms with Gasteiger partial charge in [-0.1, -0.05) is 60.7 Å². The van der Waals surface area contributed by atoms with E-state index in [9.17, 15) is 22.9 Å². The molecule has 1 heterocycles. The molecule has 5 atom stereocenters. The Morgan fingerprint density at radius 2 is 1.58 bits per heavy atom. The van der Waals surface area contributed by atoms with Crippen LogP contribution in [-0.2, 0) is 46.8 Å². The minimum Gasteiger partial charge on any atom is -0.374 e. The Labute approximate surface area is 192 Å². The van der Waals surface area contributed by atoms with Crippen molar-refractivity contribution in [2.75, 3.05) is 6.61 Å². The minimum atomic E-state index is -4.93. The molecular weight excluding hydrogens is 454 g/mol. The Bertz CT molecular complexity index is 987. The van der Waals surface area contributed by atoms with Gasteiger partial charge in [-0.25, -0.2) is 4.18 Å². The summed E-state index contributed by atoms with van der Waals surface area (Å²) in [5.74, 6) is -0.500. The Hall–Kier alpha value is -2.38. The third-order valence-corrected chi connectivity index (χ3v) is 5.41. The normalized spacial score (nSPS) is 25.5. The summed E-state index contributed by atoms with van der Waals surface area (Å²) in [6, 6.07) is 17.1. The third kappa shape index (κ3) is 7.86. The zero-order valence-electron chi connectivity index (χ0n) is 17.9. The number of hydrogen-bond donors (Lipinski definition) is 3. The van der Waals surface area contributed by atoms with Crippen molar-refractivity contribution in [3.8, 4) is 0 Å². The molecule has 2 aromatic rings. The number of aliphatic hydroxyl groups is 1. The molecule has 180 valence electrons. The van der Waals surface area contributed by atoms with Gasteiger partial charge < -0.3 is 24.6 Å². The van der Waals surface area contributed by atoms with Crippen LogP contribution < -0.4 is 5.32 Å². The number of benzene rings is 2. The first-order valence-corrected chi connectivity index (χ1v) is 11.6. The molecule has 11 heteroatoms. The molecule has 0 radical (unpaired) electrons. The highest BCUT2D eigenvalue weighted by Gasteiger charge is 2.49. The maximum Gasteiger partial charge on any atom is 0.397 e. The molecule has 0 saturated carbocycles. The second-order valence-corrected chi connectivity index (χ2v) is 8.59. The monoisotopic (exact) mass is 481 g/mol. The zero-order valence-corrected chi connectivity index (χ0v) is 18.8. The lowest BCUT2D eigenvalue weighted by Crippen LogP contribution is -2.65. The van der Waals surface area contributed by atoms with Gasteiger partial charge in [0.25, 0.3) is 0 Å². The number of carbonyl (C=O) groups excluding carboxylic acids is 1. The first-order chi connectivity index (χ1) is 15.7. The van der Waals surface area contributed by atoms with Gasteiger partial charge in [-0.05, 0) is 11.1 Å². The molecule has 3 rings (SSSR count). The van der Waals surface area contributed by atoms with Crippen LogP contribution in [0.3, 0.4) is 0 Å². The first-order valence-electron chi connectivity index (χ1n) is 10.3. The van der Waals surface area contributed by atoms with Crippen LogP contribution in [0, 0.1) is 0 Å². The van der Waals surface area contributed by atoms with Crippen LogP contribution in [0.5, 0.6) is 0 Å². The van der Waals surface area contributed by atoms with Crippen LogP contribution >= 0.6 is 0 Å². The molecule has 2 aromatic carbocycles. The van der Waals surface area contributed by atoms with Crippen LogP contribution in [0.15, 0.2) is 60.7 Å². The highest BCUT2D eigenvalue weighted by Crippen LogP contribution is 2.27. The van der Waals surface area contributed by atoms with Crippen molar-refractivity contribution in [3.05, 3.63) is 71.8 Å². The standard InChI is InChI=1S/C22H27NO9S/c1-15(24)23-19-21(30-13-17-10-6-3-7-11-17)20(32-33(26,27)28)18(31-22(19)25)14-29-12-16-8-4-2-5-9-16/h2-11,18-22,25H,12-14H2,1H3,(H,23,24)(H,26,27,28)/t18?,19?,20?,21-,22+/m0/s1. The summed E-state index contributed by atoms with van der Waals surface area (Å²) >= 11 is 0. The molecule has 1 fully saturated rings. The van der Waals surface area contributed by atoms with E-state index in [4.69, 9.17) is 18.4 Å². The molecule has 0 aromatic heterocycles. The second kappa shape index (κ2) is 11.7. The Morgan fingerprint density at radius 1 is 1.00 bits per heavy atom. The molecule has 0 spiro atoms. The van der Waals surface area contributed by atoms with Crippen LogP contribution in [0.4, 0.5) is 0 Å². The van der Waals surface area contributed by atoms with Crippen molar-refractivity contribution in [3.63, 3.8) is 0 Å². The predicted octanol–water partition coefficient (Wildman–Crippen LogP) is 1.20. The summed E-state index contributed by atoms with van der Waals surface area (Å²) in [6.45, 7) is 1.27. The van der Waals surface area contributed by atoms with E-state index in [1.54, 1.807) is 24.3 Å². The van der Waals surface area contributed by atoms with Crippen LogP contribution in [0.1, 0.15) is 18.1 Å². The van der Waals surface area contributed by atoms with E-state index in [-0.39, 0.29) is 19.8 Å². The quantitative estimate of drug-likeness (QED) is 0.427. The number of nitrogens with one attached hydrogen (secondary N) is 1. The summed E-state index contributed by atoms with van der Waals surface area (Å²) < 4.78 is 54.5. The lowest BCUT2D eigenvalue weighted by atomic mass is 9.96. The molecule has 1 aliphatic heterocycles. The summed E-state index contributed by atoms with van der Waals surface area (Å²) in [5.41, 5.74) is 1.64. The van der Waals surface area contributed by atoms with E-state index in [0.29, 0.717) is 0 Å². The first kappa shape index (κ1) is 25.2. The molecule has 0 bridgehead atoms. The van der Waals surface area contributed by atoms with Gasteiger partial charge >= 0.3 is 10.4 Å². The number of hydrogen-bond acceptors (Lipinski definition) is 8. The minimum absolute atomic E-state index is 0.0250. The SMILES string of the molecule is CC(=O)NC1[C@H](OCc2ccccc2)C(OS(=O)(=O)O)C(COCc2ccccc2)O[C@H]1O. The summed E-state index contributed by atoms with van der Waals surface area (Å²) in [4.78, 5) is 11.7. The maximum atomic E-state index is 11.7. The number of aliphatic hydroxyl groups excluding tert-OH is 1. The van der Waals surface area contributed by atoms with Gasteiger partial charge in [-0.3, -0.25) is 9.35 Å². The molecule has 1 saturated heterocycles. The molecule has 3 N–H and O–H groups in total. The smallest absolute Gasteiger partial charge is 0.374 e. The molecule has 33 heavy (non-hydrogen) atoms. The van der Waals surface area contributed by atoms with Crippen LogP contribution in [0.2, 0.25) is 0 Å². The third-order valence-electron chi connectivity index (χ3n) is 4.95. The predicted molar refractivity (Wildman–Crippen MR) is 116 cm³/mol. The van der Waals surface area contributed by atoms with E-state index in [2.05, 4.69) is 5.32 Å². The summed E-state index contributed by atoms with van der Waals surface area (Å²) in [5, 5.41) is 13.0. The van der Waals surface area contributed by atoms with Crippen molar-refractivity contribution in [1.29, 1.82) is 0 Å². The van der Waals surface area contributed by atoms with Crippen LogP contribution in [0.25, 0.3) is 0 Å². The van der Waals surface area contributed by atoms with Gasteiger partial charge in [0.1, 0.15) is 24.4 Å². The largest absolute Gasteiger partial charge is 0.397 e. The highest BCUT2D eigenvalue weighted by molar-refractivity contribution is 7.80. The number of carbonyl (C=O) groups is 1. The lowest BCUT2D eigenvalue weighted by molar-refractivity contribution is -0.261. The van der Waals surface area contributed by atoms with Crippen molar-refractivity contribution >= 4 is 16.3 Å². The fourth-order valence-corrected chi connectivity index (χ4v) is 4.05. The topological polar surface area (TPSA) is 141 Å². The second-order valence-electron chi connectivity index (χ2n) is 7.54. The van der Waals surface area contributed by atoms with Gasteiger partial charge in [0.2, 0.25) is 5.91 Å². The summed E-state index contributed by atoms with van der Waals surface area (Å²) in [7, 11) is -4.93. The van der Waals surface area contributed by atoms with Crippen molar-refractivity contribution in [1.82, 2.24) is 5.32 Å². The van der Waals surface area contributed by atoms with E-state index < -0.39 is 46.9 Å². The van der Waals surface area contributed by atoms with Gasteiger partial charge in [0.15, 0.2) is 6.29 Å². The van der Waals surface area contributed by atoms with Crippen LogP contribution in [-0.4, -0.2) is 61.2 Å². The van der Waals surface area contributed by atoms with Gasteiger partial charge in [-0.2, -0.15) is 8.42 Å². The Balaban J connectivity index is 1.81.